The Morgan fingerprint density at radius 3 is 2.69 bits per heavy atom. The standard InChI is InChI=1S/C20H31N5O2S.HI/c1-3-22-20(24-8-4-15(5-9-24)12-18(26)21-2)23-13-19(27)25-10-6-17-16(14-25)7-11-28-17;/h7,11,15H,3-6,8-10,12-14H2,1-2H3,(H,21,26)(H,22,23);1H. The summed E-state index contributed by atoms with van der Waals surface area (Å²) in [5, 5.41) is 8.13. The van der Waals surface area contributed by atoms with Crippen LogP contribution in [0.5, 0.6) is 0 Å². The minimum atomic E-state index is 0. The zero-order valence-electron chi connectivity index (χ0n) is 17.3. The molecule has 7 nitrogen and oxygen atoms in total. The van der Waals surface area contributed by atoms with E-state index in [1.807, 2.05) is 11.8 Å². The highest BCUT2D eigenvalue weighted by atomic mass is 127. The maximum atomic E-state index is 12.7. The van der Waals surface area contributed by atoms with Gasteiger partial charge in [0, 0.05) is 51.1 Å². The van der Waals surface area contributed by atoms with Crippen LogP contribution in [-0.2, 0) is 22.6 Å². The molecule has 0 spiro atoms. The minimum absolute atomic E-state index is 0. The molecule has 0 unspecified atom stereocenters. The number of nitrogens with one attached hydrogen (secondary N) is 2. The third-order valence-electron chi connectivity index (χ3n) is 5.53. The van der Waals surface area contributed by atoms with Crippen LogP contribution in [0.25, 0.3) is 0 Å². The number of fused-ring (bicyclic) bond motifs is 1. The molecule has 1 aromatic heterocycles. The number of likely N-dealkylation sites (tertiary alicyclic amines) is 1. The summed E-state index contributed by atoms with van der Waals surface area (Å²) in [6.45, 7) is 6.21. The maximum Gasteiger partial charge on any atom is 0.244 e. The molecule has 2 aliphatic rings. The average Bonchev–Trinajstić information content (AvgIpc) is 3.19. The number of guanidine groups is 1. The van der Waals surface area contributed by atoms with Gasteiger partial charge in [0.15, 0.2) is 5.96 Å². The van der Waals surface area contributed by atoms with E-state index in [1.165, 1.54) is 10.4 Å². The molecule has 0 saturated carbocycles. The fraction of sp³-hybridized carbons (Fsp3) is 0.650. The fourth-order valence-electron chi connectivity index (χ4n) is 3.84. The van der Waals surface area contributed by atoms with Crippen LogP contribution in [0.1, 0.15) is 36.6 Å². The second-order valence-electron chi connectivity index (χ2n) is 7.41. The lowest BCUT2D eigenvalue weighted by Gasteiger charge is -2.34. The van der Waals surface area contributed by atoms with Gasteiger partial charge in [-0.2, -0.15) is 0 Å². The number of aliphatic imine (C=N–C) groups is 1. The highest BCUT2D eigenvalue weighted by molar-refractivity contribution is 14.0. The van der Waals surface area contributed by atoms with Crippen LogP contribution in [0.4, 0.5) is 0 Å². The quantitative estimate of drug-likeness (QED) is 0.345. The Morgan fingerprint density at radius 1 is 1.24 bits per heavy atom. The summed E-state index contributed by atoms with van der Waals surface area (Å²) >= 11 is 1.78. The van der Waals surface area contributed by atoms with Crippen molar-refractivity contribution in [3.05, 3.63) is 21.9 Å². The second kappa shape index (κ2) is 11.7. The summed E-state index contributed by atoms with van der Waals surface area (Å²) < 4.78 is 0. The number of carbonyl (C=O) groups is 2. The van der Waals surface area contributed by atoms with Crippen LogP contribution >= 0.6 is 35.3 Å². The molecule has 2 N–H and O–H groups in total. The summed E-state index contributed by atoms with van der Waals surface area (Å²) in [6.07, 6.45) is 3.48. The number of thiophene rings is 1. The van der Waals surface area contributed by atoms with Gasteiger partial charge in [-0.1, -0.05) is 0 Å². The first-order chi connectivity index (χ1) is 13.6. The lowest BCUT2D eigenvalue weighted by atomic mass is 9.93. The zero-order chi connectivity index (χ0) is 19.9. The Balaban J connectivity index is 0.00000300. The Bertz CT molecular complexity index is 715. The molecule has 2 amide bonds. The fourth-order valence-corrected chi connectivity index (χ4v) is 4.73. The molecule has 162 valence electrons. The van der Waals surface area contributed by atoms with Gasteiger partial charge in [-0.3, -0.25) is 9.59 Å². The van der Waals surface area contributed by atoms with Crippen molar-refractivity contribution in [3.63, 3.8) is 0 Å². The summed E-state index contributed by atoms with van der Waals surface area (Å²) in [6, 6.07) is 2.12. The van der Waals surface area contributed by atoms with Crippen molar-refractivity contribution < 1.29 is 9.59 Å². The highest BCUT2D eigenvalue weighted by Crippen LogP contribution is 2.24. The predicted molar refractivity (Wildman–Crippen MR) is 128 cm³/mol. The molecule has 0 aromatic carbocycles. The van der Waals surface area contributed by atoms with Crippen molar-refractivity contribution in [1.29, 1.82) is 0 Å². The van der Waals surface area contributed by atoms with Gasteiger partial charge in [0.2, 0.25) is 11.8 Å². The van der Waals surface area contributed by atoms with E-state index in [4.69, 9.17) is 0 Å². The van der Waals surface area contributed by atoms with E-state index in [1.54, 1.807) is 18.4 Å². The maximum absolute atomic E-state index is 12.7. The normalized spacial score (nSPS) is 17.4. The SMILES string of the molecule is CCNC(=NCC(=O)N1CCc2sccc2C1)N1CCC(CC(=O)NC)CC1.I. The molecule has 0 aliphatic carbocycles. The van der Waals surface area contributed by atoms with E-state index in [-0.39, 0.29) is 42.3 Å². The molecular weight excluding hydrogens is 501 g/mol. The third-order valence-corrected chi connectivity index (χ3v) is 6.55. The molecule has 0 bridgehead atoms. The lowest BCUT2D eigenvalue weighted by molar-refractivity contribution is -0.130. The Morgan fingerprint density at radius 2 is 2.00 bits per heavy atom. The average molecular weight is 533 g/mol. The van der Waals surface area contributed by atoms with Crippen molar-refractivity contribution in [2.75, 3.05) is 39.8 Å². The van der Waals surface area contributed by atoms with Gasteiger partial charge in [-0.25, -0.2) is 4.99 Å². The minimum Gasteiger partial charge on any atom is -0.359 e. The highest BCUT2D eigenvalue weighted by Gasteiger charge is 2.24. The predicted octanol–water partition coefficient (Wildman–Crippen LogP) is 2.06. The van der Waals surface area contributed by atoms with Gasteiger partial charge in [-0.15, -0.1) is 35.3 Å². The van der Waals surface area contributed by atoms with Gasteiger partial charge in [0.05, 0.1) is 0 Å². The van der Waals surface area contributed by atoms with Gasteiger partial charge in [0.1, 0.15) is 6.54 Å². The molecule has 1 aromatic rings. The number of rotatable bonds is 5. The number of nitrogens with zero attached hydrogens (tertiary/aromatic N) is 3. The molecule has 0 atom stereocenters. The van der Waals surface area contributed by atoms with Crippen molar-refractivity contribution in [2.24, 2.45) is 10.9 Å². The van der Waals surface area contributed by atoms with Crippen LogP contribution in [0.2, 0.25) is 0 Å². The third kappa shape index (κ3) is 6.56. The first kappa shape index (κ1) is 23.9. The van der Waals surface area contributed by atoms with Crippen LogP contribution in [-0.4, -0.2) is 67.3 Å². The van der Waals surface area contributed by atoms with Crippen LogP contribution in [0, 0.1) is 5.92 Å². The number of hydrogen-bond acceptors (Lipinski definition) is 4. The van der Waals surface area contributed by atoms with Crippen molar-refractivity contribution >= 4 is 53.1 Å². The van der Waals surface area contributed by atoms with Gasteiger partial charge in [0.25, 0.3) is 0 Å². The van der Waals surface area contributed by atoms with Crippen LogP contribution in [0.15, 0.2) is 16.4 Å². The molecule has 3 rings (SSSR count). The molecule has 2 aliphatic heterocycles. The largest absolute Gasteiger partial charge is 0.359 e. The van der Waals surface area contributed by atoms with Crippen molar-refractivity contribution in [3.8, 4) is 0 Å². The molecule has 29 heavy (non-hydrogen) atoms. The van der Waals surface area contributed by atoms with Crippen LogP contribution < -0.4 is 10.6 Å². The molecule has 1 saturated heterocycles. The summed E-state index contributed by atoms with van der Waals surface area (Å²) in [5.41, 5.74) is 1.28. The number of halogens is 1. The van der Waals surface area contributed by atoms with E-state index in [0.717, 1.165) is 51.4 Å². The number of amides is 2. The Hall–Kier alpha value is -1.36. The Labute approximate surface area is 194 Å². The smallest absolute Gasteiger partial charge is 0.244 e. The van der Waals surface area contributed by atoms with Gasteiger partial charge >= 0.3 is 0 Å². The van der Waals surface area contributed by atoms with E-state index in [0.29, 0.717) is 18.9 Å². The first-order valence-corrected chi connectivity index (χ1v) is 11.1. The Kier molecular flexibility index (Phi) is 9.67. The van der Waals surface area contributed by atoms with Crippen LogP contribution in [0.3, 0.4) is 0 Å². The molecule has 3 heterocycles. The summed E-state index contributed by atoms with van der Waals surface area (Å²) in [4.78, 5) is 34.4. The molecule has 9 heteroatoms. The topological polar surface area (TPSA) is 77.0 Å². The number of carbonyl (C=O) groups excluding carboxylic acids is 2. The number of piperidine rings is 1. The second-order valence-corrected chi connectivity index (χ2v) is 8.41. The zero-order valence-corrected chi connectivity index (χ0v) is 20.4. The van der Waals surface area contributed by atoms with E-state index in [9.17, 15) is 9.59 Å². The van der Waals surface area contributed by atoms with Gasteiger partial charge in [-0.05, 0) is 49.1 Å². The van der Waals surface area contributed by atoms with Crippen molar-refractivity contribution in [1.82, 2.24) is 20.4 Å². The molecular formula is C20H32IN5O2S. The van der Waals surface area contributed by atoms with Gasteiger partial charge < -0.3 is 20.4 Å². The first-order valence-electron chi connectivity index (χ1n) is 10.2. The molecule has 0 radical (unpaired) electrons. The lowest BCUT2D eigenvalue weighted by Crippen LogP contribution is -2.46. The molecule has 1 fully saturated rings. The van der Waals surface area contributed by atoms with E-state index in [2.05, 4.69) is 32.0 Å². The monoisotopic (exact) mass is 533 g/mol. The van der Waals surface area contributed by atoms with Crippen molar-refractivity contribution in [2.45, 2.75) is 39.2 Å². The number of hydrogen-bond donors (Lipinski definition) is 2. The summed E-state index contributed by atoms with van der Waals surface area (Å²) in [5.74, 6) is 1.43. The summed E-state index contributed by atoms with van der Waals surface area (Å²) in [7, 11) is 1.69. The van der Waals surface area contributed by atoms with E-state index < -0.39 is 0 Å². The van der Waals surface area contributed by atoms with E-state index >= 15 is 0 Å².